The van der Waals surface area contributed by atoms with E-state index >= 15 is 4.39 Å². The third-order valence-electron chi connectivity index (χ3n) is 6.56. The number of aromatic amines is 1. The van der Waals surface area contributed by atoms with Crippen LogP contribution in [-0.4, -0.2) is 78.7 Å². The molecule has 0 spiro atoms. The minimum atomic E-state index is -0.480. The first-order chi connectivity index (χ1) is 16.4. The fourth-order valence-corrected chi connectivity index (χ4v) is 5.02. The second-order valence-electron chi connectivity index (χ2n) is 9.25. The Labute approximate surface area is 200 Å². The van der Waals surface area contributed by atoms with E-state index in [-0.39, 0.29) is 17.8 Å². The van der Waals surface area contributed by atoms with Gasteiger partial charge in [-0.2, -0.15) is 0 Å². The number of nitrogens with zero attached hydrogens (tertiary/aromatic N) is 5. The number of amidine groups is 1. The highest BCUT2D eigenvalue weighted by molar-refractivity contribution is 6.19. The molecule has 8 nitrogen and oxygen atoms in total. The fraction of sp³-hybridized carbons (Fsp3) is 0.520. The van der Waals surface area contributed by atoms with Crippen molar-refractivity contribution in [3.05, 3.63) is 29.3 Å². The Morgan fingerprint density at radius 2 is 2.18 bits per heavy atom. The number of halogens is 1. The summed E-state index contributed by atoms with van der Waals surface area (Å²) in [6.07, 6.45) is 6.92. The van der Waals surface area contributed by atoms with Crippen LogP contribution in [0.4, 0.5) is 10.2 Å². The number of hydrogen-bond acceptors (Lipinski definition) is 5. The molecule has 34 heavy (non-hydrogen) atoms. The lowest BCUT2D eigenvalue weighted by atomic mass is 9.95. The number of fused-ring (bicyclic) bond motifs is 1. The van der Waals surface area contributed by atoms with Crippen LogP contribution in [0.25, 0.3) is 16.5 Å². The first-order valence-electron chi connectivity index (χ1n) is 11.9. The van der Waals surface area contributed by atoms with Crippen molar-refractivity contribution < 1.29 is 9.13 Å². The van der Waals surface area contributed by atoms with Crippen LogP contribution < -0.4 is 4.90 Å². The Kier molecular flexibility index (Phi) is 7.23. The number of aliphatic imine (C=N–C) groups is 2. The molecular weight excluding hydrogens is 433 g/mol. The van der Waals surface area contributed by atoms with Crippen LogP contribution in [0.1, 0.15) is 51.3 Å². The van der Waals surface area contributed by atoms with E-state index in [1.165, 1.54) is 0 Å². The molecule has 0 amide bonds. The topological polar surface area (TPSA) is 93.0 Å². The third kappa shape index (κ3) is 4.42. The number of piperazine rings is 1. The molecule has 182 valence electrons. The maximum absolute atomic E-state index is 16.1. The first-order valence-corrected chi connectivity index (χ1v) is 11.9. The van der Waals surface area contributed by atoms with E-state index in [1.807, 2.05) is 6.08 Å². The normalized spacial score (nSPS) is 22.7. The second-order valence-corrected chi connectivity index (χ2v) is 9.25. The van der Waals surface area contributed by atoms with Gasteiger partial charge in [0.15, 0.2) is 17.5 Å². The van der Waals surface area contributed by atoms with Crippen LogP contribution in [0, 0.1) is 11.2 Å². The Morgan fingerprint density at radius 1 is 1.38 bits per heavy atom. The smallest absolute Gasteiger partial charge is 0.175 e. The van der Waals surface area contributed by atoms with Gasteiger partial charge in [0.1, 0.15) is 12.4 Å². The van der Waals surface area contributed by atoms with Crippen LogP contribution >= 0.6 is 0 Å². The minimum Gasteiger partial charge on any atom is -0.369 e. The summed E-state index contributed by atoms with van der Waals surface area (Å²) < 4.78 is 21.6. The van der Waals surface area contributed by atoms with E-state index in [0.717, 1.165) is 55.8 Å². The highest BCUT2D eigenvalue weighted by Gasteiger charge is 2.30. The summed E-state index contributed by atoms with van der Waals surface area (Å²) in [6, 6.07) is 0.183. The monoisotopic (exact) mass is 467 g/mol. The van der Waals surface area contributed by atoms with Crippen molar-refractivity contribution in [3.8, 4) is 0 Å². The van der Waals surface area contributed by atoms with Gasteiger partial charge in [0.25, 0.3) is 0 Å². The third-order valence-corrected chi connectivity index (χ3v) is 6.56. The minimum absolute atomic E-state index is 0.0688. The summed E-state index contributed by atoms with van der Waals surface area (Å²) in [6.45, 7) is 12.1. The zero-order valence-corrected chi connectivity index (χ0v) is 20.6. The Hall–Kier alpha value is -2.91. The number of nitrogens with one attached hydrogen (secondary N) is 2. The predicted octanol–water partition coefficient (Wildman–Crippen LogP) is 4.23. The summed E-state index contributed by atoms with van der Waals surface area (Å²) >= 11 is 0. The molecule has 4 heterocycles. The summed E-state index contributed by atoms with van der Waals surface area (Å²) in [5.41, 5.74) is 3.18. The largest absolute Gasteiger partial charge is 0.369 e. The Bertz CT molecular complexity index is 1150. The molecule has 0 aromatic carbocycles. The summed E-state index contributed by atoms with van der Waals surface area (Å²) in [4.78, 5) is 20.8. The first kappa shape index (κ1) is 24.2. The maximum Gasteiger partial charge on any atom is 0.175 e. The molecule has 1 fully saturated rings. The Morgan fingerprint density at radius 3 is 2.82 bits per heavy atom. The van der Waals surface area contributed by atoms with Crippen molar-refractivity contribution in [1.29, 1.82) is 5.41 Å². The van der Waals surface area contributed by atoms with Crippen LogP contribution in [0.2, 0.25) is 0 Å². The molecule has 0 aliphatic carbocycles. The molecule has 0 bridgehead atoms. The van der Waals surface area contributed by atoms with Crippen molar-refractivity contribution >= 4 is 40.7 Å². The van der Waals surface area contributed by atoms with Crippen LogP contribution in [0.3, 0.4) is 0 Å². The van der Waals surface area contributed by atoms with Gasteiger partial charge >= 0.3 is 0 Å². The van der Waals surface area contributed by atoms with E-state index in [1.54, 1.807) is 19.5 Å². The van der Waals surface area contributed by atoms with Gasteiger partial charge in [-0.25, -0.2) is 19.4 Å². The van der Waals surface area contributed by atoms with Crippen LogP contribution in [-0.2, 0) is 4.74 Å². The zero-order chi connectivity index (χ0) is 24.4. The molecule has 1 saturated heterocycles. The Balaban J connectivity index is 1.77. The molecular formula is C25H34FN7O. The summed E-state index contributed by atoms with van der Waals surface area (Å²) in [5, 5.41) is 7.82. The number of allylic oxidation sites excluding steroid dienone is 1. The SMILES string of the molecule is CCCN1CCN(c2ncc3[nH]c(C4=CC(OC)C(=NC=N)N=C4)c(C(C)C)c3c2F)[C@H](C)C1. The van der Waals surface area contributed by atoms with Gasteiger partial charge in [-0.05, 0) is 37.4 Å². The van der Waals surface area contributed by atoms with Gasteiger partial charge < -0.3 is 14.6 Å². The number of dihydropyridines is 1. The van der Waals surface area contributed by atoms with Gasteiger partial charge in [-0.15, -0.1) is 0 Å². The summed E-state index contributed by atoms with van der Waals surface area (Å²) in [5.74, 6) is 0.626. The number of rotatable bonds is 7. The van der Waals surface area contributed by atoms with E-state index < -0.39 is 6.10 Å². The van der Waals surface area contributed by atoms with E-state index in [4.69, 9.17) is 10.1 Å². The van der Waals surface area contributed by atoms with Gasteiger partial charge in [0.2, 0.25) is 0 Å². The molecule has 0 saturated carbocycles. The number of anilines is 1. The average Bonchev–Trinajstić information content (AvgIpc) is 3.21. The number of methoxy groups -OCH3 is 1. The molecule has 2 aromatic rings. The van der Waals surface area contributed by atoms with Crippen LogP contribution in [0.5, 0.6) is 0 Å². The highest BCUT2D eigenvalue weighted by atomic mass is 19.1. The van der Waals surface area contributed by atoms with Gasteiger partial charge in [0, 0.05) is 50.0 Å². The fourth-order valence-electron chi connectivity index (χ4n) is 5.02. The lowest BCUT2D eigenvalue weighted by Gasteiger charge is -2.40. The lowest BCUT2D eigenvalue weighted by Crippen LogP contribution is -2.52. The van der Waals surface area contributed by atoms with Crippen molar-refractivity contribution in [2.75, 3.05) is 38.2 Å². The second kappa shape index (κ2) is 10.1. The lowest BCUT2D eigenvalue weighted by molar-refractivity contribution is 0.190. The molecule has 2 N–H and O–H groups in total. The molecule has 2 aliphatic rings. The van der Waals surface area contributed by atoms with Gasteiger partial charge in [-0.3, -0.25) is 10.3 Å². The number of pyridine rings is 1. The summed E-state index contributed by atoms with van der Waals surface area (Å²) in [7, 11) is 1.57. The van der Waals surface area contributed by atoms with Crippen molar-refractivity contribution in [2.24, 2.45) is 9.98 Å². The molecule has 2 atom stereocenters. The van der Waals surface area contributed by atoms with Crippen molar-refractivity contribution in [2.45, 2.75) is 52.2 Å². The van der Waals surface area contributed by atoms with Crippen molar-refractivity contribution in [3.63, 3.8) is 0 Å². The molecule has 2 aromatic heterocycles. The highest BCUT2D eigenvalue weighted by Crippen LogP contribution is 2.37. The average molecular weight is 468 g/mol. The van der Waals surface area contributed by atoms with Crippen LogP contribution in [0.15, 0.2) is 22.3 Å². The predicted molar refractivity (Wildman–Crippen MR) is 137 cm³/mol. The molecule has 4 rings (SSSR count). The number of ether oxygens (including phenoxy) is 1. The molecule has 2 aliphatic heterocycles. The van der Waals surface area contributed by atoms with E-state index in [2.05, 4.69) is 57.4 Å². The molecule has 9 heteroatoms. The number of aromatic nitrogens is 2. The number of H-pyrrole nitrogens is 1. The zero-order valence-electron chi connectivity index (χ0n) is 20.6. The maximum atomic E-state index is 16.1. The standard InChI is InChI=1S/C25H34FN7O/c1-6-7-32-8-9-33(16(4)13-32)25-22(26)21-18(12-29-25)31-23(20(21)15(2)3)17-10-19(34-5)24(28-11-17)30-14-27/h10-12,14-16,19,27,31H,6-9,13H2,1-5H3/t16-,19?/m1/s1. The van der Waals surface area contributed by atoms with E-state index in [9.17, 15) is 0 Å². The van der Waals surface area contributed by atoms with Gasteiger partial charge in [-0.1, -0.05) is 20.8 Å². The molecule has 0 radical (unpaired) electrons. The van der Waals surface area contributed by atoms with Gasteiger partial charge in [0.05, 0.1) is 17.4 Å². The number of hydrogen-bond donors (Lipinski definition) is 2. The molecule has 1 unspecified atom stereocenters. The van der Waals surface area contributed by atoms with E-state index in [0.29, 0.717) is 22.6 Å². The van der Waals surface area contributed by atoms with Crippen molar-refractivity contribution in [1.82, 2.24) is 14.9 Å². The quantitative estimate of drug-likeness (QED) is 0.471.